The van der Waals surface area contributed by atoms with Gasteiger partial charge in [-0.15, -0.1) is 0 Å². The molecule has 0 aliphatic heterocycles. The van der Waals surface area contributed by atoms with Gasteiger partial charge in [0, 0.05) is 0 Å². The van der Waals surface area contributed by atoms with Gasteiger partial charge in [-0.2, -0.15) is 0 Å². The summed E-state index contributed by atoms with van der Waals surface area (Å²) >= 11 is -2.86. The van der Waals surface area contributed by atoms with Crippen LogP contribution >= 0.6 is 0 Å². The highest BCUT2D eigenvalue weighted by Crippen LogP contribution is 2.14. The van der Waals surface area contributed by atoms with Crippen molar-refractivity contribution in [3.05, 3.63) is 29.8 Å². The summed E-state index contributed by atoms with van der Waals surface area (Å²) in [6.45, 7) is 0. The highest BCUT2D eigenvalue weighted by molar-refractivity contribution is 7.73. The van der Waals surface area contributed by atoms with Gasteiger partial charge < -0.3 is 19.3 Å². The minimum absolute atomic E-state index is 0.0671. The van der Waals surface area contributed by atoms with Gasteiger partial charge in [0.1, 0.15) is 11.3 Å². The first kappa shape index (κ1) is 12.6. The van der Waals surface area contributed by atoms with Gasteiger partial charge in [-0.05, 0) is 12.1 Å². The topological polar surface area (TPSA) is 118 Å². The Morgan fingerprint density at radius 2 is 1.79 bits per heavy atom. The van der Waals surface area contributed by atoms with Crippen molar-refractivity contribution < 1.29 is 28.3 Å². The smallest absolute Gasteiger partial charge is 0.339 e. The molecule has 0 heterocycles. The monoisotopic (exact) mass is 219 g/mol. The molecule has 0 fully saturated rings. The molecule has 0 aromatic heterocycles. The van der Waals surface area contributed by atoms with E-state index in [0.717, 1.165) is 0 Å². The molecule has 14 heavy (non-hydrogen) atoms. The quantitative estimate of drug-likeness (QED) is 0.589. The lowest BCUT2D eigenvalue weighted by Crippen LogP contribution is -1.95. The zero-order chi connectivity index (χ0) is 11.1. The molecule has 0 amide bonds. The van der Waals surface area contributed by atoms with E-state index in [9.17, 15) is 4.79 Å². The van der Waals surface area contributed by atoms with E-state index in [1.165, 1.54) is 12.1 Å². The lowest BCUT2D eigenvalue weighted by Gasteiger charge is -1.95. The Labute approximate surface area is 81.9 Å². The summed E-state index contributed by atoms with van der Waals surface area (Å²) < 4.78 is 24.1. The number of phenols is 1. The van der Waals surface area contributed by atoms with Crippen LogP contribution in [0.3, 0.4) is 0 Å². The summed E-state index contributed by atoms with van der Waals surface area (Å²) in [7, 11) is 0. The molecule has 0 bridgehead atoms. The summed E-state index contributed by atoms with van der Waals surface area (Å²) in [5.74, 6) is -1.31. The fraction of sp³-hybridized carbons (Fsp3) is 0. The predicted octanol–water partition coefficient (Wildman–Crippen LogP) is 0.429. The molecule has 0 saturated heterocycles. The molecule has 1 unspecified atom stereocenters. The zero-order valence-corrected chi connectivity index (χ0v) is 7.60. The van der Waals surface area contributed by atoms with Crippen LogP contribution in [0, 0.1) is 0 Å². The largest absolute Gasteiger partial charge is 0.750 e. The van der Waals surface area contributed by atoms with Crippen molar-refractivity contribution in [3.8, 4) is 5.75 Å². The number of carboxylic acids is 1. The van der Waals surface area contributed by atoms with E-state index < -0.39 is 17.3 Å². The standard InChI is InChI=1S/C7H6O3.H2O3S/c8-6-4-2-1-3-5(6)7(9)10;1-4(2)3/h1-4,8H,(H,9,10);(H2,1,2,3)/p-1. The molecule has 6 nitrogen and oxygen atoms in total. The van der Waals surface area contributed by atoms with Crippen LogP contribution in [0.4, 0.5) is 0 Å². The van der Waals surface area contributed by atoms with Gasteiger partial charge in [-0.25, -0.2) is 9.00 Å². The predicted molar refractivity (Wildman–Crippen MR) is 46.6 cm³/mol. The van der Waals surface area contributed by atoms with Crippen molar-refractivity contribution in [3.63, 3.8) is 0 Å². The van der Waals surface area contributed by atoms with E-state index in [4.69, 9.17) is 23.5 Å². The van der Waals surface area contributed by atoms with E-state index in [-0.39, 0.29) is 11.3 Å². The molecule has 1 rings (SSSR count). The van der Waals surface area contributed by atoms with Gasteiger partial charge in [-0.3, -0.25) is 0 Å². The van der Waals surface area contributed by atoms with Gasteiger partial charge >= 0.3 is 5.97 Å². The highest BCUT2D eigenvalue weighted by Gasteiger charge is 2.05. The maximum absolute atomic E-state index is 10.3. The maximum atomic E-state index is 10.3. The number of aromatic hydroxyl groups is 1. The Hall–Kier alpha value is -1.44. The van der Waals surface area contributed by atoms with E-state index >= 15 is 0 Å². The third-order valence-corrected chi connectivity index (χ3v) is 1.13. The van der Waals surface area contributed by atoms with Gasteiger partial charge in [0.25, 0.3) is 0 Å². The first-order valence-corrected chi connectivity index (χ1v) is 4.28. The van der Waals surface area contributed by atoms with Crippen LogP contribution < -0.4 is 0 Å². The summed E-state index contributed by atoms with van der Waals surface area (Å²) in [5, 5.41) is 17.3. The second-order valence-electron chi connectivity index (χ2n) is 2.04. The summed E-state index contributed by atoms with van der Waals surface area (Å²) in [6, 6.07) is 5.81. The first-order chi connectivity index (χ1) is 6.45. The average molecular weight is 219 g/mol. The number of benzene rings is 1. The Morgan fingerprint density at radius 3 is 2.07 bits per heavy atom. The highest BCUT2D eigenvalue weighted by atomic mass is 32.2. The second-order valence-corrected chi connectivity index (χ2v) is 2.47. The lowest BCUT2D eigenvalue weighted by molar-refractivity contribution is 0.0693. The Bertz CT molecular complexity index is 333. The molecule has 1 atom stereocenters. The number of hydrogen-bond acceptors (Lipinski definition) is 4. The number of para-hydroxylation sites is 1. The fourth-order valence-electron chi connectivity index (χ4n) is 0.654. The molecule has 0 aliphatic carbocycles. The zero-order valence-electron chi connectivity index (χ0n) is 6.78. The molecule has 1 aromatic rings. The lowest BCUT2D eigenvalue weighted by atomic mass is 10.2. The van der Waals surface area contributed by atoms with Gasteiger partial charge in [0.15, 0.2) is 0 Å². The molecule has 0 saturated carbocycles. The second kappa shape index (κ2) is 6.08. The molecule has 3 N–H and O–H groups in total. The number of carbonyl (C=O) groups is 1. The molecule has 78 valence electrons. The van der Waals surface area contributed by atoms with Gasteiger partial charge in [0.2, 0.25) is 0 Å². The number of carboxylic acid groups (broad SMARTS) is 1. The molecule has 1 aromatic carbocycles. The summed E-state index contributed by atoms with van der Waals surface area (Å²) in [5.41, 5.74) is -0.0671. The maximum Gasteiger partial charge on any atom is 0.339 e. The third-order valence-electron chi connectivity index (χ3n) is 1.13. The van der Waals surface area contributed by atoms with Crippen LogP contribution in [0.5, 0.6) is 5.75 Å². The van der Waals surface area contributed by atoms with E-state index in [1.807, 2.05) is 0 Å². The number of aromatic carboxylic acids is 1. The molecule has 0 spiro atoms. The summed E-state index contributed by atoms with van der Waals surface area (Å²) in [4.78, 5) is 10.3. The summed E-state index contributed by atoms with van der Waals surface area (Å²) in [6.07, 6.45) is 0. The Balaban J connectivity index is 0.000000364. The van der Waals surface area contributed by atoms with Crippen LogP contribution in [-0.2, 0) is 11.4 Å². The number of hydrogen-bond donors (Lipinski definition) is 3. The fourth-order valence-corrected chi connectivity index (χ4v) is 0.654. The van der Waals surface area contributed by atoms with E-state index in [0.29, 0.717) is 0 Å². The molecule has 0 aliphatic rings. The molecule has 0 radical (unpaired) electrons. The van der Waals surface area contributed by atoms with Crippen LogP contribution in [0.15, 0.2) is 24.3 Å². The van der Waals surface area contributed by atoms with Crippen molar-refractivity contribution in [2.45, 2.75) is 0 Å². The van der Waals surface area contributed by atoms with E-state index in [2.05, 4.69) is 0 Å². The average Bonchev–Trinajstić information content (AvgIpc) is 2.03. The van der Waals surface area contributed by atoms with Crippen LogP contribution in [0.2, 0.25) is 0 Å². The van der Waals surface area contributed by atoms with Crippen molar-refractivity contribution in [2.75, 3.05) is 0 Å². The van der Waals surface area contributed by atoms with Crippen molar-refractivity contribution >= 4 is 17.3 Å². The van der Waals surface area contributed by atoms with Crippen LogP contribution in [0.25, 0.3) is 0 Å². The first-order valence-electron chi connectivity index (χ1n) is 3.24. The minimum Gasteiger partial charge on any atom is -0.750 e. The third kappa shape index (κ3) is 5.25. The minimum atomic E-state index is -2.86. The number of rotatable bonds is 1. The molecular weight excluding hydrogens is 212 g/mol. The van der Waals surface area contributed by atoms with Crippen LogP contribution in [-0.4, -0.2) is 29.5 Å². The molecular formula is C7H7O6S-. The molecule has 7 heteroatoms. The normalized spacial score (nSPS) is 11.0. The Kier molecular flexibility index (Phi) is 5.46. The van der Waals surface area contributed by atoms with Gasteiger partial charge in [-0.1, -0.05) is 12.1 Å². The van der Waals surface area contributed by atoms with Crippen molar-refractivity contribution in [1.29, 1.82) is 0 Å². The Morgan fingerprint density at radius 1 is 1.36 bits per heavy atom. The van der Waals surface area contributed by atoms with Crippen molar-refractivity contribution in [1.82, 2.24) is 0 Å². The van der Waals surface area contributed by atoms with Crippen LogP contribution in [0.1, 0.15) is 10.4 Å². The van der Waals surface area contributed by atoms with Crippen molar-refractivity contribution in [2.24, 2.45) is 0 Å². The van der Waals surface area contributed by atoms with E-state index in [1.54, 1.807) is 12.1 Å². The SMILES string of the molecule is O=C(O)c1ccccc1O.O=S([O-])O. The van der Waals surface area contributed by atoms with Gasteiger partial charge in [0.05, 0.1) is 11.4 Å².